The summed E-state index contributed by atoms with van der Waals surface area (Å²) in [6, 6.07) is 17.6. The van der Waals surface area contributed by atoms with Gasteiger partial charge in [-0.1, -0.05) is 42.5 Å². The second-order valence-electron chi connectivity index (χ2n) is 5.83. The predicted octanol–water partition coefficient (Wildman–Crippen LogP) is 3.35. The summed E-state index contributed by atoms with van der Waals surface area (Å²) >= 11 is 0. The van der Waals surface area contributed by atoms with Gasteiger partial charge < -0.3 is 5.11 Å². The average molecular weight is 332 g/mol. The maximum Gasteiger partial charge on any atom is 0.303 e. The second kappa shape index (κ2) is 6.32. The van der Waals surface area contributed by atoms with Gasteiger partial charge in [-0.25, -0.2) is 9.97 Å². The molecule has 0 bridgehead atoms. The van der Waals surface area contributed by atoms with Crippen molar-refractivity contribution in [2.45, 2.75) is 19.3 Å². The molecule has 0 unspecified atom stereocenters. The highest BCUT2D eigenvalue weighted by Gasteiger charge is 2.14. The first-order valence-corrected chi connectivity index (χ1v) is 8.14. The molecule has 6 heteroatoms. The van der Waals surface area contributed by atoms with E-state index in [4.69, 9.17) is 10.1 Å². The molecule has 0 atom stereocenters. The molecule has 0 saturated heterocycles. The van der Waals surface area contributed by atoms with Crippen molar-refractivity contribution in [2.24, 2.45) is 0 Å². The molecule has 0 saturated carbocycles. The number of carbonyl (C=O) groups is 1. The van der Waals surface area contributed by atoms with Crippen molar-refractivity contribution in [2.75, 3.05) is 0 Å². The highest BCUT2D eigenvalue weighted by molar-refractivity contribution is 5.91. The molecule has 2 heterocycles. The zero-order valence-corrected chi connectivity index (χ0v) is 13.5. The Labute approximate surface area is 143 Å². The van der Waals surface area contributed by atoms with Gasteiger partial charge in [0.05, 0.1) is 5.52 Å². The van der Waals surface area contributed by atoms with Crippen LogP contribution in [0.2, 0.25) is 0 Å². The van der Waals surface area contributed by atoms with Gasteiger partial charge in [-0.15, -0.1) is 5.10 Å². The van der Waals surface area contributed by atoms with Crippen LogP contribution in [0.4, 0.5) is 0 Å². The standard InChI is InChI=1S/C19H16N4O2/c24-17(25)12-6-11-16-20-15-10-5-4-9-14(15)19-21-18(22-23(16)19)13-7-2-1-3-8-13/h1-5,7-10H,6,11-12H2,(H,24,25). The number of carboxylic acid groups (broad SMARTS) is 1. The van der Waals surface area contributed by atoms with Crippen LogP contribution in [0.15, 0.2) is 54.6 Å². The number of fused-ring (bicyclic) bond motifs is 3. The zero-order chi connectivity index (χ0) is 17.2. The van der Waals surface area contributed by atoms with E-state index in [0.717, 1.165) is 27.9 Å². The SMILES string of the molecule is O=C(O)CCCc1nc2ccccc2c2nc(-c3ccccc3)nn12. The fourth-order valence-electron chi connectivity index (χ4n) is 2.88. The normalized spacial score (nSPS) is 11.2. The van der Waals surface area contributed by atoms with Crippen LogP contribution >= 0.6 is 0 Å². The Kier molecular flexibility index (Phi) is 3.85. The quantitative estimate of drug-likeness (QED) is 0.606. The molecule has 4 rings (SSSR count). The predicted molar refractivity (Wildman–Crippen MR) is 94.3 cm³/mol. The van der Waals surface area contributed by atoms with Crippen LogP contribution in [-0.4, -0.2) is 30.7 Å². The van der Waals surface area contributed by atoms with Gasteiger partial charge in [0, 0.05) is 23.8 Å². The van der Waals surface area contributed by atoms with Crippen LogP contribution in [0, 0.1) is 0 Å². The van der Waals surface area contributed by atoms with Crippen molar-refractivity contribution in [3.05, 3.63) is 60.4 Å². The van der Waals surface area contributed by atoms with Crippen LogP contribution < -0.4 is 0 Å². The molecule has 4 aromatic rings. The topological polar surface area (TPSA) is 80.4 Å². The van der Waals surface area contributed by atoms with Crippen molar-refractivity contribution in [1.82, 2.24) is 19.6 Å². The highest BCUT2D eigenvalue weighted by Crippen LogP contribution is 2.22. The van der Waals surface area contributed by atoms with Gasteiger partial charge in [0.25, 0.3) is 0 Å². The van der Waals surface area contributed by atoms with Gasteiger partial charge in [-0.3, -0.25) is 4.79 Å². The number of carboxylic acids is 1. The molecule has 124 valence electrons. The molecule has 0 amide bonds. The third-order valence-corrected chi connectivity index (χ3v) is 4.07. The van der Waals surface area contributed by atoms with Crippen LogP contribution in [-0.2, 0) is 11.2 Å². The number of para-hydroxylation sites is 1. The van der Waals surface area contributed by atoms with Crippen molar-refractivity contribution < 1.29 is 9.90 Å². The summed E-state index contributed by atoms with van der Waals surface area (Å²) in [5, 5.41) is 14.4. The van der Waals surface area contributed by atoms with E-state index in [0.29, 0.717) is 18.7 Å². The minimum Gasteiger partial charge on any atom is -0.481 e. The van der Waals surface area contributed by atoms with Crippen molar-refractivity contribution in [3.63, 3.8) is 0 Å². The molecule has 6 nitrogen and oxygen atoms in total. The number of hydrogen-bond donors (Lipinski definition) is 1. The summed E-state index contributed by atoms with van der Waals surface area (Å²) in [6.07, 6.45) is 1.15. The minimum absolute atomic E-state index is 0.107. The van der Waals surface area contributed by atoms with E-state index >= 15 is 0 Å². The lowest BCUT2D eigenvalue weighted by Gasteiger charge is -2.05. The van der Waals surface area contributed by atoms with E-state index in [2.05, 4.69) is 10.1 Å². The summed E-state index contributed by atoms with van der Waals surface area (Å²) in [5.41, 5.74) is 2.52. The summed E-state index contributed by atoms with van der Waals surface area (Å²) in [7, 11) is 0. The van der Waals surface area contributed by atoms with Gasteiger partial charge in [0.15, 0.2) is 11.5 Å². The van der Waals surface area contributed by atoms with E-state index in [1.165, 1.54) is 0 Å². The number of rotatable bonds is 5. The lowest BCUT2D eigenvalue weighted by Crippen LogP contribution is -2.05. The number of aryl methyl sites for hydroxylation is 1. The number of aliphatic carboxylic acids is 1. The Morgan fingerprint density at radius 1 is 1.00 bits per heavy atom. The largest absolute Gasteiger partial charge is 0.481 e. The summed E-state index contributed by atoms with van der Waals surface area (Å²) in [6.45, 7) is 0. The third kappa shape index (κ3) is 2.94. The Hall–Kier alpha value is -3.28. The molecular formula is C19H16N4O2. The molecular weight excluding hydrogens is 316 g/mol. The Balaban J connectivity index is 1.87. The van der Waals surface area contributed by atoms with Crippen LogP contribution in [0.1, 0.15) is 18.7 Å². The Bertz CT molecular complexity index is 1060. The first-order chi connectivity index (χ1) is 12.2. The summed E-state index contributed by atoms with van der Waals surface area (Å²) < 4.78 is 1.74. The smallest absolute Gasteiger partial charge is 0.303 e. The Morgan fingerprint density at radius 2 is 1.76 bits per heavy atom. The lowest BCUT2D eigenvalue weighted by molar-refractivity contribution is -0.137. The number of benzene rings is 2. The summed E-state index contributed by atoms with van der Waals surface area (Å²) in [5.74, 6) is 0.559. The monoisotopic (exact) mass is 332 g/mol. The van der Waals surface area contributed by atoms with Gasteiger partial charge in [0.2, 0.25) is 0 Å². The zero-order valence-electron chi connectivity index (χ0n) is 13.5. The molecule has 25 heavy (non-hydrogen) atoms. The van der Waals surface area contributed by atoms with E-state index < -0.39 is 5.97 Å². The molecule has 0 aliphatic carbocycles. The van der Waals surface area contributed by atoms with Crippen molar-refractivity contribution in [3.8, 4) is 11.4 Å². The molecule has 0 aliphatic heterocycles. The fraction of sp³-hybridized carbons (Fsp3) is 0.158. The fourth-order valence-corrected chi connectivity index (χ4v) is 2.88. The molecule has 0 fully saturated rings. The molecule has 0 aliphatic rings. The van der Waals surface area contributed by atoms with Crippen molar-refractivity contribution >= 4 is 22.5 Å². The lowest BCUT2D eigenvalue weighted by atomic mass is 10.2. The molecule has 1 N–H and O–H groups in total. The number of hydrogen-bond acceptors (Lipinski definition) is 4. The first kappa shape index (κ1) is 15.3. The summed E-state index contributed by atoms with van der Waals surface area (Å²) in [4.78, 5) is 20.2. The molecule has 0 spiro atoms. The maximum absolute atomic E-state index is 10.8. The van der Waals surface area contributed by atoms with Gasteiger partial charge in [0.1, 0.15) is 5.82 Å². The molecule has 0 radical (unpaired) electrons. The third-order valence-electron chi connectivity index (χ3n) is 4.07. The number of nitrogens with zero attached hydrogens (tertiary/aromatic N) is 4. The van der Waals surface area contributed by atoms with Gasteiger partial charge in [-0.05, 0) is 18.6 Å². The van der Waals surface area contributed by atoms with Gasteiger partial charge in [-0.2, -0.15) is 4.52 Å². The van der Waals surface area contributed by atoms with Crippen LogP contribution in [0.3, 0.4) is 0 Å². The van der Waals surface area contributed by atoms with E-state index in [9.17, 15) is 4.79 Å². The van der Waals surface area contributed by atoms with Gasteiger partial charge >= 0.3 is 5.97 Å². The number of aromatic nitrogens is 4. The average Bonchev–Trinajstić information content (AvgIpc) is 3.08. The molecule has 2 aromatic heterocycles. The maximum atomic E-state index is 10.8. The Morgan fingerprint density at radius 3 is 2.56 bits per heavy atom. The highest BCUT2D eigenvalue weighted by atomic mass is 16.4. The minimum atomic E-state index is -0.805. The van der Waals surface area contributed by atoms with E-state index in [1.807, 2.05) is 54.6 Å². The van der Waals surface area contributed by atoms with E-state index in [-0.39, 0.29) is 6.42 Å². The van der Waals surface area contributed by atoms with E-state index in [1.54, 1.807) is 4.52 Å². The molecule has 2 aromatic carbocycles. The van der Waals surface area contributed by atoms with Crippen LogP contribution in [0.25, 0.3) is 27.9 Å². The second-order valence-corrected chi connectivity index (χ2v) is 5.83. The first-order valence-electron chi connectivity index (χ1n) is 8.14. The van der Waals surface area contributed by atoms with Crippen LogP contribution in [0.5, 0.6) is 0 Å². The van der Waals surface area contributed by atoms with Crippen molar-refractivity contribution in [1.29, 1.82) is 0 Å².